The highest BCUT2D eigenvalue weighted by atomic mass is 19.1. The second-order valence-corrected chi connectivity index (χ2v) is 9.99. The molecule has 1 aliphatic carbocycles. The molecule has 10 nitrogen and oxygen atoms in total. The molecule has 1 aliphatic heterocycles. The van der Waals surface area contributed by atoms with Gasteiger partial charge in [0.15, 0.2) is 5.82 Å². The summed E-state index contributed by atoms with van der Waals surface area (Å²) in [6, 6.07) is 12.2. The Hall–Kier alpha value is -4.17. The van der Waals surface area contributed by atoms with Gasteiger partial charge < -0.3 is 15.5 Å². The maximum absolute atomic E-state index is 14.4. The number of benzene rings is 2. The van der Waals surface area contributed by atoms with Gasteiger partial charge in [0, 0.05) is 18.7 Å². The van der Waals surface area contributed by atoms with Crippen molar-refractivity contribution in [3.63, 3.8) is 0 Å². The number of H-pyrrole nitrogens is 1. The number of hydrogen-bond acceptors (Lipinski definition) is 7. The van der Waals surface area contributed by atoms with Crippen molar-refractivity contribution in [2.75, 3.05) is 26.2 Å². The number of hydrogen-bond donors (Lipinski definition) is 3. The van der Waals surface area contributed by atoms with Gasteiger partial charge in [-0.05, 0) is 103 Å². The standard InChI is InChI=1S/C28H31FN8O2/c1-2-32-26(39)20-7-9-23-18(14-20)5-6-19-15-21(29)8-10-24(19)28(23,27-33-35-36-34-27)11-12-31-17-25(38)37-13-3-4-22(37)16-30/h7-10,14-15,22,31H,2-6,11-13,17H2,1H3,(H,32,39)(H,33,34,35,36)/t22-,28?/m0/s1. The summed E-state index contributed by atoms with van der Waals surface area (Å²) in [5.41, 5.74) is 3.28. The predicted octanol–water partition coefficient (Wildman–Crippen LogP) is 2.02. The molecule has 1 unspecified atom stereocenters. The van der Waals surface area contributed by atoms with Crippen LogP contribution >= 0.6 is 0 Å². The van der Waals surface area contributed by atoms with Crippen LogP contribution in [0, 0.1) is 17.1 Å². The van der Waals surface area contributed by atoms with E-state index in [1.165, 1.54) is 6.07 Å². The number of fused-ring (bicyclic) bond motifs is 2. The molecule has 5 rings (SSSR count). The average molecular weight is 531 g/mol. The third-order valence-corrected chi connectivity index (χ3v) is 7.78. The lowest BCUT2D eigenvalue weighted by Crippen LogP contribution is -2.42. The van der Waals surface area contributed by atoms with Crippen LogP contribution in [0.3, 0.4) is 0 Å². The second kappa shape index (κ2) is 11.3. The molecule has 1 fully saturated rings. The van der Waals surface area contributed by atoms with Crippen molar-refractivity contribution < 1.29 is 14.0 Å². The van der Waals surface area contributed by atoms with E-state index in [9.17, 15) is 19.2 Å². The summed E-state index contributed by atoms with van der Waals surface area (Å²) in [6.45, 7) is 3.50. The van der Waals surface area contributed by atoms with E-state index < -0.39 is 5.41 Å². The topological polar surface area (TPSA) is 140 Å². The maximum Gasteiger partial charge on any atom is 0.251 e. The Morgan fingerprint density at radius 1 is 1.21 bits per heavy atom. The SMILES string of the molecule is CCNC(=O)c1ccc2c(c1)CCc1cc(F)ccc1C2(CCNCC(=O)N1CCC[C@H]1C#N)c1nnn[nH]1. The highest BCUT2D eigenvalue weighted by molar-refractivity contribution is 5.94. The molecule has 39 heavy (non-hydrogen) atoms. The van der Waals surface area contributed by atoms with Gasteiger partial charge in [0.2, 0.25) is 5.91 Å². The van der Waals surface area contributed by atoms with E-state index in [-0.39, 0.29) is 30.2 Å². The van der Waals surface area contributed by atoms with E-state index >= 15 is 0 Å². The first-order valence-electron chi connectivity index (χ1n) is 13.3. The van der Waals surface area contributed by atoms with Crippen molar-refractivity contribution >= 4 is 11.8 Å². The van der Waals surface area contributed by atoms with Crippen molar-refractivity contribution in [1.29, 1.82) is 5.26 Å². The zero-order valence-electron chi connectivity index (χ0n) is 21.8. The molecule has 3 N–H and O–H groups in total. The van der Waals surface area contributed by atoms with Crippen LogP contribution in [-0.2, 0) is 23.1 Å². The van der Waals surface area contributed by atoms with Gasteiger partial charge in [0.05, 0.1) is 18.0 Å². The number of aromatic amines is 1. The van der Waals surface area contributed by atoms with Crippen molar-refractivity contribution in [2.45, 2.75) is 50.5 Å². The van der Waals surface area contributed by atoms with E-state index in [0.29, 0.717) is 56.7 Å². The number of amides is 2. The van der Waals surface area contributed by atoms with Gasteiger partial charge in [0.25, 0.3) is 5.91 Å². The number of carbonyl (C=O) groups excluding carboxylic acids is 2. The van der Waals surface area contributed by atoms with Gasteiger partial charge in [-0.25, -0.2) is 9.49 Å². The Kier molecular flexibility index (Phi) is 7.65. The Labute approximate surface area is 226 Å². The van der Waals surface area contributed by atoms with Crippen LogP contribution < -0.4 is 10.6 Å². The number of nitrogens with one attached hydrogen (secondary N) is 3. The van der Waals surface area contributed by atoms with E-state index in [1.54, 1.807) is 23.1 Å². The largest absolute Gasteiger partial charge is 0.352 e. The van der Waals surface area contributed by atoms with E-state index in [1.807, 2.05) is 19.1 Å². The Balaban J connectivity index is 1.52. The fourth-order valence-corrected chi connectivity index (χ4v) is 5.98. The van der Waals surface area contributed by atoms with Crippen molar-refractivity contribution in [1.82, 2.24) is 36.2 Å². The minimum Gasteiger partial charge on any atom is -0.352 e. The number of nitriles is 1. The lowest BCUT2D eigenvalue weighted by Gasteiger charge is -2.34. The number of tetrazole rings is 1. The van der Waals surface area contributed by atoms with E-state index in [0.717, 1.165) is 28.7 Å². The van der Waals surface area contributed by atoms with Gasteiger partial charge in [0.1, 0.15) is 11.9 Å². The van der Waals surface area contributed by atoms with Crippen LogP contribution in [0.1, 0.15) is 64.6 Å². The molecule has 2 heterocycles. The molecular weight excluding hydrogens is 499 g/mol. The number of rotatable bonds is 8. The number of halogens is 1. The molecule has 3 aromatic rings. The summed E-state index contributed by atoms with van der Waals surface area (Å²) >= 11 is 0. The molecule has 0 saturated carbocycles. The van der Waals surface area contributed by atoms with Crippen LogP contribution in [0.5, 0.6) is 0 Å². The molecule has 1 aromatic heterocycles. The van der Waals surface area contributed by atoms with Crippen molar-refractivity contribution in [3.05, 3.63) is 75.9 Å². The van der Waals surface area contributed by atoms with Crippen LogP contribution in [-0.4, -0.2) is 69.6 Å². The summed E-state index contributed by atoms with van der Waals surface area (Å²) in [6.07, 6.45) is 3.18. The summed E-state index contributed by atoms with van der Waals surface area (Å²) in [5.74, 6) is -0.0854. The number of nitrogens with zero attached hydrogens (tertiary/aromatic N) is 5. The Morgan fingerprint density at radius 2 is 1.97 bits per heavy atom. The highest BCUT2D eigenvalue weighted by Crippen LogP contribution is 2.46. The summed E-state index contributed by atoms with van der Waals surface area (Å²) < 4.78 is 14.4. The van der Waals surface area contributed by atoms with Gasteiger partial charge in [-0.15, -0.1) is 5.10 Å². The summed E-state index contributed by atoms with van der Waals surface area (Å²) in [5, 5.41) is 30.5. The number of likely N-dealkylation sites (tertiary alicyclic amines) is 1. The lowest BCUT2D eigenvalue weighted by atomic mass is 9.69. The fourth-order valence-electron chi connectivity index (χ4n) is 5.98. The lowest BCUT2D eigenvalue weighted by molar-refractivity contribution is -0.130. The molecule has 0 spiro atoms. The summed E-state index contributed by atoms with van der Waals surface area (Å²) in [4.78, 5) is 27.1. The minimum absolute atomic E-state index is 0.0994. The average Bonchev–Trinajstić information content (AvgIpc) is 3.63. The molecule has 1 saturated heterocycles. The molecule has 202 valence electrons. The molecule has 2 atom stereocenters. The molecule has 2 amide bonds. The first kappa shape index (κ1) is 26.4. The van der Waals surface area contributed by atoms with Crippen molar-refractivity contribution in [3.8, 4) is 6.07 Å². The first-order valence-corrected chi connectivity index (χ1v) is 13.3. The van der Waals surface area contributed by atoms with E-state index in [4.69, 9.17) is 0 Å². The monoisotopic (exact) mass is 530 g/mol. The minimum atomic E-state index is -0.878. The van der Waals surface area contributed by atoms with Crippen LogP contribution in [0.4, 0.5) is 4.39 Å². The normalized spacial score (nSPS) is 20.0. The number of carbonyl (C=O) groups is 2. The molecule has 0 radical (unpaired) electrons. The predicted molar refractivity (Wildman–Crippen MR) is 140 cm³/mol. The second-order valence-electron chi connectivity index (χ2n) is 9.99. The zero-order chi connectivity index (χ0) is 27.4. The van der Waals surface area contributed by atoms with E-state index in [2.05, 4.69) is 37.3 Å². The van der Waals surface area contributed by atoms with Gasteiger partial charge in [-0.2, -0.15) is 5.26 Å². The third kappa shape index (κ3) is 5.00. The maximum atomic E-state index is 14.4. The number of aromatic nitrogens is 4. The molecule has 2 aliphatic rings. The van der Waals surface area contributed by atoms with Crippen LogP contribution in [0.15, 0.2) is 36.4 Å². The third-order valence-electron chi connectivity index (χ3n) is 7.78. The van der Waals surface area contributed by atoms with Crippen LogP contribution in [0.2, 0.25) is 0 Å². The Bertz CT molecular complexity index is 1400. The molecular formula is C28H31FN8O2. The van der Waals surface area contributed by atoms with Gasteiger partial charge in [-0.1, -0.05) is 12.1 Å². The first-order chi connectivity index (χ1) is 19.0. The van der Waals surface area contributed by atoms with Crippen molar-refractivity contribution in [2.24, 2.45) is 0 Å². The molecule has 2 aromatic carbocycles. The quantitative estimate of drug-likeness (QED) is 0.379. The fraction of sp³-hybridized carbons (Fsp3) is 0.429. The Morgan fingerprint density at radius 3 is 2.69 bits per heavy atom. The highest BCUT2D eigenvalue weighted by Gasteiger charge is 2.44. The molecule has 11 heteroatoms. The zero-order valence-corrected chi connectivity index (χ0v) is 21.8. The molecule has 0 bridgehead atoms. The van der Waals surface area contributed by atoms with Crippen LogP contribution in [0.25, 0.3) is 0 Å². The smallest absolute Gasteiger partial charge is 0.251 e. The van der Waals surface area contributed by atoms with Gasteiger partial charge >= 0.3 is 0 Å². The summed E-state index contributed by atoms with van der Waals surface area (Å²) in [7, 11) is 0. The number of aryl methyl sites for hydroxylation is 2. The van der Waals surface area contributed by atoms with Gasteiger partial charge in [-0.3, -0.25) is 9.59 Å².